The summed E-state index contributed by atoms with van der Waals surface area (Å²) in [5.41, 5.74) is 0.915. The summed E-state index contributed by atoms with van der Waals surface area (Å²) in [6.07, 6.45) is 3.67. The van der Waals surface area contributed by atoms with Crippen molar-refractivity contribution in [3.8, 4) is 5.75 Å². The SMILES string of the molecule is CCOC(=O)c1ccc(C(=O)Nc2cc(S(=O)(=O)N3CCCCCC3)ccc2OC)nc1C. The summed E-state index contributed by atoms with van der Waals surface area (Å²) in [5, 5.41) is 2.68. The lowest BCUT2D eigenvalue weighted by Crippen LogP contribution is -2.32. The van der Waals surface area contributed by atoms with Crippen molar-refractivity contribution in [1.29, 1.82) is 0 Å². The minimum absolute atomic E-state index is 0.0726. The number of pyridine rings is 1. The zero-order valence-corrected chi connectivity index (χ0v) is 19.9. The maximum atomic E-state index is 13.2. The van der Waals surface area contributed by atoms with E-state index in [4.69, 9.17) is 9.47 Å². The second-order valence-electron chi connectivity index (χ2n) is 7.68. The highest BCUT2D eigenvalue weighted by molar-refractivity contribution is 7.89. The van der Waals surface area contributed by atoms with Gasteiger partial charge in [-0.1, -0.05) is 12.8 Å². The number of esters is 1. The van der Waals surface area contributed by atoms with Crippen molar-refractivity contribution in [2.45, 2.75) is 44.4 Å². The molecular formula is C23H29N3O6S. The predicted molar refractivity (Wildman–Crippen MR) is 123 cm³/mol. The maximum absolute atomic E-state index is 13.2. The van der Waals surface area contributed by atoms with Gasteiger partial charge < -0.3 is 14.8 Å². The molecular weight excluding hydrogens is 446 g/mol. The lowest BCUT2D eigenvalue weighted by molar-refractivity contribution is 0.0524. The van der Waals surface area contributed by atoms with Crippen molar-refractivity contribution in [1.82, 2.24) is 9.29 Å². The van der Waals surface area contributed by atoms with Crippen LogP contribution in [0.15, 0.2) is 35.2 Å². The average Bonchev–Trinajstić information content (AvgIpc) is 3.09. The number of ether oxygens (including phenoxy) is 2. The number of carbonyl (C=O) groups is 2. The number of benzene rings is 1. The molecule has 0 saturated carbocycles. The third-order valence-corrected chi connectivity index (χ3v) is 7.33. The Hall–Kier alpha value is -2.98. The molecule has 1 aliphatic heterocycles. The monoisotopic (exact) mass is 475 g/mol. The fraction of sp³-hybridized carbons (Fsp3) is 0.435. The zero-order valence-electron chi connectivity index (χ0n) is 19.1. The summed E-state index contributed by atoms with van der Waals surface area (Å²) in [6.45, 7) is 4.50. The molecule has 3 rings (SSSR count). The molecule has 0 aliphatic carbocycles. The van der Waals surface area contributed by atoms with Crippen LogP contribution < -0.4 is 10.1 Å². The normalized spacial score (nSPS) is 14.9. The van der Waals surface area contributed by atoms with Gasteiger partial charge in [0.25, 0.3) is 5.91 Å². The number of sulfonamides is 1. The van der Waals surface area contributed by atoms with E-state index in [0.717, 1.165) is 25.7 Å². The minimum Gasteiger partial charge on any atom is -0.495 e. The van der Waals surface area contributed by atoms with E-state index in [1.807, 2.05) is 0 Å². The summed E-state index contributed by atoms with van der Waals surface area (Å²) < 4.78 is 38.1. The Labute approximate surface area is 194 Å². The van der Waals surface area contributed by atoms with Gasteiger partial charge in [0, 0.05) is 13.1 Å². The number of aryl methyl sites for hydroxylation is 1. The minimum atomic E-state index is -3.70. The number of hydrogen-bond donors (Lipinski definition) is 1. The predicted octanol–water partition coefficient (Wildman–Crippen LogP) is 3.39. The second kappa shape index (κ2) is 10.8. The number of methoxy groups -OCH3 is 1. The second-order valence-corrected chi connectivity index (χ2v) is 9.62. The van der Waals surface area contributed by atoms with E-state index in [9.17, 15) is 18.0 Å². The van der Waals surface area contributed by atoms with Crippen LogP contribution in [0.3, 0.4) is 0 Å². The molecule has 0 bridgehead atoms. The molecule has 2 heterocycles. The van der Waals surface area contributed by atoms with E-state index in [0.29, 0.717) is 24.5 Å². The Kier molecular flexibility index (Phi) is 8.04. The van der Waals surface area contributed by atoms with Crippen molar-refractivity contribution in [3.05, 3.63) is 47.3 Å². The van der Waals surface area contributed by atoms with Crippen LogP contribution in [-0.2, 0) is 14.8 Å². The summed E-state index contributed by atoms with van der Waals surface area (Å²) in [4.78, 5) is 29.1. The van der Waals surface area contributed by atoms with Crippen molar-refractivity contribution in [2.75, 3.05) is 32.1 Å². The lowest BCUT2D eigenvalue weighted by Gasteiger charge is -2.21. The van der Waals surface area contributed by atoms with Crippen molar-refractivity contribution in [3.63, 3.8) is 0 Å². The molecule has 1 saturated heterocycles. The van der Waals surface area contributed by atoms with E-state index >= 15 is 0 Å². The van der Waals surface area contributed by atoms with E-state index in [1.165, 1.54) is 41.7 Å². The lowest BCUT2D eigenvalue weighted by atomic mass is 10.2. The van der Waals surface area contributed by atoms with Gasteiger partial charge in [0.1, 0.15) is 11.4 Å². The van der Waals surface area contributed by atoms with Crippen LogP contribution >= 0.6 is 0 Å². The molecule has 1 fully saturated rings. The van der Waals surface area contributed by atoms with Crippen molar-refractivity contribution < 1.29 is 27.5 Å². The summed E-state index contributed by atoms with van der Waals surface area (Å²) in [7, 11) is -2.27. The number of hydrogen-bond acceptors (Lipinski definition) is 7. The molecule has 1 amide bonds. The third-order valence-electron chi connectivity index (χ3n) is 5.44. The van der Waals surface area contributed by atoms with E-state index in [1.54, 1.807) is 13.8 Å². The highest BCUT2D eigenvalue weighted by Crippen LogP contribution is 2.30. The molecule has 1 N–H and O–H groups in total. The van der Waals surface area contributed by atoms with Crippen molar-refractivity contribution in [2.24, 2.45) is 0 Å². The molecule has 178 valence electrons. The van der Waals surface area contributed by atoms with Gasteiger partial charge in [-0.2, -0.15) is 4.31 Å². The molecule has 33 heavy (non-hydrogen) atoms. The van der Waals surface area contributed by atoms with Gasteiger partial charge in [0.05, 0.1) is 35.6 Å². The molecule has 0 unspecified atom stereocenters. The fourth-order valence-corrected chi connectivity index (χ4v) is 5.22. The number of carbonyl (C=O) groups excluding carboxylic acids is 2. The van der Waals surface area contributed by atoms with Gasteiger partial charge in [-0.15, -0.1) is 0 Å². The highest BCUT2D eigenvalue weighted by atomic mass is 32.2. The first-order chi connectivity index (χ1) is 15.8. The molecule has 0 atom stereocenters. The largest absolute Gasteiger partial charge is 0.495 e. The molecule has 2 aromatic rings. The van der Waals surface area contributed by atoms with E-state index in [2.05, 4.69) is 10.3 Å². The highest BCUT2D eigenvalue weighted by Gasteiger charge is 2.26. The summed E-state index contributed by atoms with van der Waals surface area (Å²) in [6, 6.07) is 7.29. The number of amides is 1. The van der Waals surface area contributed by atoms with Crippen LogP contribution in [0.25, 0.3) is 0 Å². The van der Waals surface area contributed by atoms with Gasteiger partial charge in [-0.25, -0.2) is 18.2 Å². The number of aromatic nitrogens is 1. The maximum Gasteiger partial charge on any atom is 0.339 e. The quantitative estimate of drug-likeness (QED) is 0.610. The molecule has 1 aromatic heterocycles. The molecule has 1 aromatic carbocycles. The van der Waals surface area contributed by atoms with Crippen LogP contribution in [-0.4, -0.2) is 56.4 Å². The first-order valence-electron chi connectivity index (χ1n) is 10.9. The Morgan fingerprint density at radius 2 is 1.79 bits per heavy atom. The fourth-order valence-electron chi connectivity index (χ4n) is 3.67. The number of anilines is 1. The Balaban J connectivity index is 1.86. The first kappa shape index (κ1) is 24.7. The summed E-state index contributed by atoms with van der Waals surface area (Å²) in [5.74, 6) is -0.753. The average molecular weight is 476 g/mol. The van der Waals surface area contributed by atoms with Crippen molar-refractivity contribution >= 4 is 27.6 Å². The van der Waals surface area contributed by atoms with Gasteiger partial charge in [0.2, 0.25) is 10.0 Å². The van der Waals surface area contributed by atoms with Gasteiger partial charge in [-0.3, -0.25) is 4.79 Å². The summed E-state index contributed by atoms with van der Waals surface area (Å²) >= 11 is 0. The van der Waals surface area contributed by atoms with Crippen LogP contribution in [0.4, 0.5) is 5.69 Å². The molecule has 9 nitrogen and oxygen atoms in total. The molecule has 10 heteroatoms. The van der Waals surface area contributed by atoms with Gasteiger partial charge >= 0.3 is 5.97 Å². The number of nitrogens with one attached hydrogen (secondary N) is 1. The Bertz CT molecular complexity index is 1130. The molecule has 1 aliphatic rings. The van der Waals surface area contributed by atoms with Crippen LogP contribution in [0.2, 0.25) is 0 Å². The van der Waals surface area contributed by atoms with E-state index in [-0.39, 0.29) is 28.4 Å². The number of rotatable bonds is 7. The molecule has 0 radical (unpaired) electrons. The smallest absolute Gasteiger partial charge is 0.339 e. The van der Waals surface area contributed by atoms with E-state index < -0.39 is 21.9 Å². The van der Waals surface area contributed by atoms with Crippen LogP contribution in [0.5, 0.6) is 5.75 Å². The van der Waals surface area contributed by atoms with Gasteiger partial charge in [-0.05, 0) is 57.0 Å². The van der Waals surface area contributed by atoms with Gasteiger partial charge in [0.15, 0.2) is 0 Å². The van der Waals surface area contributed by atoms with Crippen LogP contribution in [0, 0.1) is 6.92 Å². The Morgan fingerprint density at radius 1 is 1.09 bits per heavy atom. The standard InChI is InChI=1S/C23H29N3O6S/c1-4-32-23(28)18-10-11-19(24-16(18)2)22(27)25-20-15-17(9-12-21(20)31-3)33(29,30)26-13-7-5-6-8-14-26/h9-12,15H,4-8,13-14H2,1-3H3,(H,25,27). The Morgan fingerprint density at radius 3 is 2.39 bits per heavy atom. The zero-order chi connectivity index (χ0) is 24.0. The molecule has 0 spiro atoms. The third kappa shape index (κ3) is 5.69. The number of nitrogens with zero attached hydrogens (tertiary/aromatic N) is 2. The first-order valence-corrected chi connectivity index (χ1v) is 12.4. The van der Waals surface area contributed by atoms with Crippen LogP contribution in [0.1, 0.15) is 59.1 Å². The topological polar surface area (TPSA) is 115 Å².